The zero-order chi connectivity index (χ0) is 17.3. The first kappa shape index (κ1) is 16.8. The van der Waals surface area contributed by atoms with Crippen LogP contribution in [0.15, 0.2) is 11.6 Å². The molecule has 4 aliphatic rings. The highest BCUT2D eigenvalue weighted by atomic mass is 16.3. The topological polar surface area (TPSA) is 57.5 Å². The van der Waals surface area contributed by atoms with E-state index in [4.69, 9.17) is 0 Å². The summed E-state index contributed by atoms with van der Waals surface area (Å²) in [6.07, 6.45) is 7.62. The van der Waals surface area contributed by atoms with Crippen LogP contribution in [-0.4, -0.2) is 28.2 Å². The van der Waals surface area contributed by atoms with Crippen molar-refractivity contribution in [2.45, 2.75) is 77.9 Å². The maximum absolute atomic E-state index is 12.6. The summed E-state index contributed by atoms with van der Waals surface area (Å²) in [7, 11) is 0. The highest BCUT2D eigenvalue weighted by Crippen LogP contribution is 2.65. The number of ketones is 1. The van der Waals surface area contributed by atoms with Crippen molar-refractivity contribution in [1.82, 2.24) is 0 Å². The van der Waals surface area contributed by atoms with Crippen LogP contribution >= 0.6 is 0 Å². The molecule has 3 nitrogen and oxygen atoms in total. The number of hydrogen-bond acceptors (Lipinski definition) is 3. The summed E-state index contributed by atoms with van der Waals surface area (Å²) in [5.74, 6) is 2.37. The Bertz CT molecular complexity index is 582. The van der Waals surface area contributed by atoms with Gasteiger partial charge >= 0.3 is 0 Å². The summed E-state index contributed by atoms with van der Waals surface area (Å²) in [5, 5.41) is 20.6. The fourth-order valence-electron chi connectivity index (χ4n) is 7.30. The first-order valence-corrected chi connectivity index (χ1v) is 9.92. The number of aliphatic hydroxyl groups is 2. The Morgan fingerprint density at radius 2 is 1.92 bits per heavy atom. The van der Waals surface area contributed by atoms with Crippen molar-refractivity contribution in [3.63, 3.8) is 0 Å². The number of allylic oxidation sites excluding steroid dienone is 1. The molecule has 0 radical (unpaired) electrons. The van der Waals surface area contributed by atoms with Crippen molar-refractivity contribution >= 4 is 5.78 Å². The van der Waals surface area contributed by atoms with Gasteiger partial charge in [0.25, 0.3) is 0 Å². The lowest BCUT2D eigenvalue weighted by Crippen LogP contribution is -2.53. The van der Waals surface area contributed by atoms with E-state index >= 15 is 0 Å². The van der Waals surface area contributed by atoms with E-state index in [1.54, 1.807) is 0 Å². The van der Waals surface area contributed by atoms with Crippen molar-refractivity contribution in [1.29, 1.82) is 0 Å². The highest BCUT2D eigenvalue weighted by molar-refractivity contribution is 5.84. The fraction of sp³-hybridized carbons (Fsp3) is 0.857. The van der Waals surface area contributed by atoms with E-state index in [0.29, 0.717) is 30.0 Å². The first-order valence-electron chi connectivity index (χ1n) is 9.92. The Kier molecular flexibility index (Phi) is 3.78. The third kappa shape index (κ3) is 2.00. The minimum absolute atomic E-state index is 0.0102. The molecule has 0 spiro atoms. The number of fused-ring (bicyclic) bond motifs is 5. The van der Waals surface area contributed by atoms with Crippen LogP contribution in [-0.2, 0) is 4.79 Å². The van der Waals surface area contributed by atoms with Crippen LogP contribution < -0.4 is 0 Å². The van der Waals surface area contributed by atoms with Gasteiger partial charge in [-0.25, -0.2) is 0 Å². The smallest absolute Gasteiger partial charge is 0.136 e. The van der Waals surface area contributed by atoms with Crippen LogP contribution in [0.25, 0.3) is 0 Å². The van der Waals surface area contributed by atoms with Gasteiger partial charge in [0.1, 0.15) is 11.9 Å². The molecular weight excluding hydrogens is 300 g/mol. The lowest BCUT2D eigenvalue weighted by Gasteiger charge is -2.58. The molecule has 2 N–H and O–H groups in total. The van der Waals surface area contributed by atoms with Crippen LogP contribution in [0.5, 0.6) is 0 Å². The molecule has 3 fully saturated rings. The predicted molar refractivity (Wildman–Crippen MR) is 93.3 cm³/mol. The molecule has 8 unspecified atom stereocenters. The zero-order valence-electron chi connectivity index (χ0n) is 15.3. The Labute approximate surface area is 145 Å². The number of carbonyl (C=O) groups excluding carboxylic acids is 1. The summed E-state index contributed by atoms with van der Waals surface area (Å²) < 4.78 is 0. The number of aliphatic hydroxyl groups excluding tert-OH is 2. The largest absolute Gasteiger partial charge is 0.390 e. The minimum Gasteiger partial charge on any atom is -0.390 e. The number of carbonyl (C=O) groups is 1. The third-order valence-electron chi connectivity index (χ3n) is 8.62. The molecule has 0 heterocycles. The maximum atomic E-state index is 12.6. The van der Waals surface area contributed by atoms with Gasteiger partial charge in [0.05, 0.1) is 6.10 Å². The fourth-order valence-corrected chi connectivity index (χ4v) is 7.30. The quantitative estimate of drug-likeness (QED) is 0.723. The molecule has 4 rings (SSSR count). The molecule has 24 heavy (non-hydrogen) atoms. The molecule has 134 valence electrons. The number of Topliss-reactive ketones (excluding diaryl/α,β-unsaturated/α-hetero) is 1. The lowest BCUT2D eigenvalue weighted by molar-refractivity contribution is -0.122. The van der Waals surface area contributed by atoms with Gasteiger partial charge in [0.15, 0.2) is 0 Å². The molecule has 8 atom stereocenters. The summed E-state index contributed by atoms with van der Waals surface area (Å²) >= 11 is 0. The van der Waals surface area contributed by atoms with Crippen LogP contribution in [0.2, 0.25) is 0 Å². The summed E-state index contributed by atoms with van der Waals surface area (Å²) in [5.41, 5.74) is 1.28. The van der Waals surface area contributed by atoms with Crippen LogP contribution in [0.3, 0.4) is 0 Å². The van der Waals surface area contributed by atoms with E-state index in [2.05, 4.69) is 26.8 Å². The van der Waals surface area contributed by atoms with Gasteiger partial charge in [0, 0.05) is 12.3 Å². The van der Waals surface area contributed by atoms with Gasteiger partial charge in [-0.15, -0.1) is 0 Å². The van der Waals surface area contributed by atoms with Gasteiger partial charge in [0.2, 0.25) is 0 Å². The molecule has 4 aliphatic carbocycles. The van der Waals surface area contributed by atoms with Crippen LogP contribution in [0.1, 0.15) is 65.7 Å². The van der Waals surface area contributed by atoms with E-state index in [-0.39, 0.29) is 16.7 Å². The molecule has 0 amide bonds. The summed E-state index contributed by atoms with van der Waals surface area (Å²) in [6.45, 7) is 6.84. The Morgan fingerprint density at radius 1 is 1.17 bits per heavy atom. The Balaban J connectivity index is 1.70. The SMILES string of the molecule is CCC1C(=O)CC2C3CC=C4C(O)C(O)CCC4(C)C3CCC12C. The minimum atomic E-state index is -0.688. The molecule has 3 heteroatoms. The second-order valence-electron chi connectivity index (χ2n) is 9.42. The van der Waals surface area contributed by atoms with Gasteiger partial charge in [-0.2, -0.15) is 0 Å². The number of hydrogen-bond donors (Lipinski definition) is 2. The number of rotatable bonds is 1. The molecule has 0 saturated heterocycles. The Morgan fingerprint density at radius 3 is 2.62 bits per heavy atom. The highest BCUT2D eigenvalue weighted by Gasteiger charge is 2.61. The average Bonchev–Trinajstić information content (AvgIpc) is 2.81. The van der Waals surface area contributed by atoms with E-state index in [0.717, 1.165) is 44.1 Å². The van der Waals surface area contributed by atoms with E-state index in [9.17, 15) is 15.0 Å². The van der Waals surface area contributed by atoms with Crippen molar-refractivity contribution in [2.75, 3.05) is 0 Å². The monoisotopic (exact) mass is 332 g/mol. The normalized spacial score (nSPS) is 53.9. The standard InChI is InChI=1S/C21H32O3/c1-4-13-18(23)11-16-12-5-6-15-19(24)17(22)8-10-21(15,3)14(12)7-9-20(13,16)2/h6,12-14,16-17,19,22,24H,4-5,7-11H2,1-3H3. The van der Waals surface area contributed by atoms with Crippen molar-refractivity contribution in [3.8, 4) is 0 Å². The molecule has 3 saturated carbocycles. The second-order valence-corrected chi connectivity index (χ2v) is 9.42. The van der Waals surface area contributed by atoms with Crippen LogP contribution in [0, 0.1) is 34.5 Å². The predicted octanol–water partition coefficient (Wildman–Crippen LogP) is 3.49. The Hall–Kier alpha value is -0.670. The second kappa shape index (κ2) is 5.41. The van der Waals surface area contributed by atoms with Crippen molar-refractivity contribution in [2.24, 2.45) is 34.5 Å². The van der Waals surface area contributed by atoms with E-state index < -0.39 is 12.2 Å². The van der Waals surface area contributed by atoms with Gasteiger partial charge < -0.3 is 10.2 Å². The van der Waals surface area contributed by atoms with Crippen molar-refractivity contribution in [3.05, 3.63) is 11.6 Å². The first-order chi connectivity index (χ1) is 11.3. The molecule has 0 aromatic rings. The van der Waals surface area contributed by atoms with Gasteiger partial charge in [-0.3, -0.25) is 4.79 Å². The molecule has 0 aromatic heterocycles. The molecular formula is C21H32O3. The third-order valence-corrected chi connectivity index (χ3v) is 8.62. The average molecular weight is 332 g/mol. The molecule has 0 aromatic carbocycles. The molecule has 0 aliphatic heterocycles. The van der Waals surface area contributed by atoms with Crippen molar-refractivity contribution < 1.29 is 15.0 Å². The van der Waals surface area contributed by atoms with Gasteiger partial charge in [-0.1, -0.05) is 26.8 Å². The van der Waals surface area contributed by atoms with E-state index in [1.807, 2.05) is 0 Å². The van der Waals surface area contributed by atoms with E-state index in [1.165, 1.54) is 0 Å². The van der Waals surface area contributed by atoms with Gasteiger partial charge in [-0.05, 0) is 72.7 Å². The molecule has 0 bridgehead atoms. The van der Waals surface area contributed by atoms with Crippen LogP contribution in [0.4, 0.5) is 0 Å². The lowest BCUT2D eigenvalue weighted by atomic mass is 9.47. The summed E-state index contributed by atoms with van der Waals surface area (Å²) in [6, 6.07) is 0. The maximum Gasteiger partial charge on any atom is 0.136 e. The zero-order valence-corrected chi connectivity index (χ0v) is 15.3. The summed E-state index contributed by atoms with van der Waals surface area (Å²) in [4.78, 5) is 12.6.